The molecule has 0 radical (unpaired) electrons. The van der Waals surface area contributed by atoms with Crippen LogP contribution in [0.15, 0.2) is 51.8 Å². The van der Waals surface area contributed by atoms with Gasteiger partial charge in [-0.3, -0.25) is 9.55 Å². The summed E-state index contributed by atoms with van der Waals surface area (Å²) in [6.07, 6.45) is 1.62. The van der Waals surface area contributed by atoms with Crippen LogP contribution >= 0.6 is 0 Å². The molecule has 0 atom stereocenters. The molecule has 5 heteroatoms. The van der Waals surface area contributed by atoms with Crippen LogP contribution in [-0.4, -0.2) is 9.55 Å². The molecule has 5 nitrogen and oxygen atoms in total. The minimum Gasteiger partial charge on any atom is -0.408 e. The summed E-state index contributed by atoms with van der Waals surface area (Å²) in [5.74, 6) is -0.388. The van der Waals surface area contributed by atoms with Crippen molar-refractivity contribution in [2.45, 2.75) is 6.54 Å². The molecule has 1 aromatic carbocycles. The number of nitrogens with two attached hydrogens (primary N) is 1. The molecule has 0 unspecified atom stereocenters. The third-order valence-corrected chi connectivity index (χ3v) is 2.73. The zero-order valence-corrected chi connectivity index (χ0v) is 9.54. The van der Waals surface area contributed by atoms with Crippen molar-refractivity contribution in [2.75, 3.05) is 5.73 Å². The van der Waals surface area contributed by atoms with E-state index in [1.54, 1.807) is 24.4 Å². The van der Waals surface area contributed by atoms with Crippen LogP contribution in [0.25, 0.3) is 11.1 Å². The number of nitrogens with zero attached hydrogens (tertiary/aromatic N) is 2. The van der Waals surface area contributed by atoms with E-state index in [-0.39, 0.29) is 5.76 Å². The molecule has 0 aliphatic carbocycles. The Morgan fingerprint density at radius 1 is 1.28 bits per heavy atom. The molecule has 0 aliphatic heterocycles. The summed E-state index contributed by atoms with van der Waals surface area (Å²) in [4.78, 5) is 15.9. The van der Waals surface area contributed by atoms with Crippen molar-refractivity contribution in [1.82, 2.24) is 9.55 Å². The molecular formula is C13H11N3O2. The van der Waals surface area contributed by atoms with Crippen LogP contribution in [0.2, 0.25) is 0 Å². The van der Waals surface area contributed by atoms with Gasteiger partial charge in [-0.25, -0.2) is 4.79 Å². The highest BCUT2D eigenvalue weighted by Gasteiger charge is 2.09. The monoisotopic (exact) mass is 241 g/mol. The summed E-state index contributed by atoms with van der Waals surface area (Å²) in [6.45, 7) is 0.348. The van der Waals surface area contributed by atoms with Gasteiger partial charge in [0, 0.05) is 11.9 Å². The number of benzene rings is 1. The fraction of sp³-hybridized carbons (Fsp3) is 0.0769. The third-order valence-electron chi connectivity index (χ3n) is 2.73. The van der Waals surface area contributed by atoms with Crippen molar-refractivity contribution in [3.63, 3.8) is 0 Å². The van der Waals surface area contributed by atoms with Gasteiger partial charge in [0.15, 0.2) is 5.58 Å². The third kappa shape index (κ3) is 1.75. The summed E-state index contributed by atoms with van der Waals surface area (Å²) in [6, 6.07) is 10.7. The zero-order valence-electron chi connectivity index (χ0n) is 9.54. The maximum Gasteiger partial charge on any atom is 0.420 e. The quantitative estimate of drug-likeness (QED) is 0.739. The van der Waals surface area contributed by atoms with E-state index in [1.165, 1.54) is 4.57 Å². The molecule has 3 aromatic rings. The molecule has 0 fully saturated rings. The molecule has 0 saturated carbocycles. The Morgan fingerprint density at radius 3 is 2.94 bits per heavy atom. The van der Waals surface area contributed by atoms with Gasteiger partial charge in [-0.1, -0.05) is 12.1 Å². The van der Waals surface area contributed by atoms with Crippen molar-refractivity contribution in [2.24, 2.45) is 0 Å². The normalized spacial score (nSPS) is 10.9. The first-order chi connectivity index (χ1) is 8.74. The average Bonchev–Trinajstić information content (AvgIpc) is 2.66. The number of nitrogen functional groups attached to an aromatic ring is 1. The van der Waals surface area contributed by atoms with Gasteiger partial charge in [-0.15, -0.1) is 0 Å². The molecular weight excluding hydrogens is 230 g/mol. The van der Waals surface area contributed by atoms with Crippen LogP contribution in [0.5, 0.6) is 0 Å². The van der Waals surface area contributed by atoms with Crippen LogP contribution in [-0.2, 0) is 6.54 Å². The molecule has 3 rings (SSSR count). The van der Waals surface area contributed by atoms with Crippen LogP contribution in [0, 0.1) is 0 Å². The molecule has 18 heavy (non-hydrogen) atoms. The second kappa shape index (κ2) is 4.03. The fourth-order valence-corrected chi connectivity index (χ4v) is 1.91. The summed E-state index contributed by atoms with van der Waals surface area (Å²) in [7, 11) is 0. The highest BCUT2D eigenvalue weighted by molar-refractivity contribution is 5.72. The van der Waals surface area contributed by atoms with Crippen LogP contribution in [0.3, 0.4) is 0 Å². The second-order valence-corrected chi connectivity index (χ2v) is 4.00. The maximum absolute atomic E-state index is 11.8. The lowest BCUT2D eigenvalue weighted by Gasteiger charge is -2.02. The Morgan fingerprint density at radius 2 is 2.11 bits per heavy atom. The van der Waals surface area contributed by atoms with E-state index in [9.17, 15) is 4.79 Å². The first kappa shape index (κ1) is 10.6. The van der Waals surface area contributed by atoms with E-state index >= 15 is 0 Å². The van der Waals surface area contributed by atoms with Gasteiger partial charge in [0.05, 0.1) is 17.8 Å². The van der Waals surface area contributed by atoms with Gasteiger partial charge in [0.1, 0.15) is 0 Å². The molecule has 2 N–H and O–H groups in total. The molecule has 2 aromatic heterocycles. The SMILES string of the molecule is Nc1ccnc(Cn2c(=O)oc3ccccc32)c1. The second-order valence-electron chi connectivity index (χ2n) is 4.00. The molecule has 0 aliphatic rings. The Kier molecular flexibility index (Phi) is 2.37. The Labute approximate surface area is 102 Å². The summed E-state index contributed by atoms with van der Waals surface area (Å²) in [5, 5.41) is 0. The van der Waals surface area contributed by atoms with Gasteiger partial charge in [0.25, 0.3) is 0 Å². The number of anilines is 1. The number of hydrogen-bond acceptors (Lipinski definition) is 4. The highest BCUT2D eigenvalue weighted by atomic mass is 16.4. The smallest absolute Gasteiger partial charge is 0.408 e. The number of aromatic nitrogens is 2. The molecule has 0 spiro atoms. The van der Waals surface area contributed by atoms with Crippen LogP contribution < -0.4 is 11.5 Å². The van der Waals surface area contributed by atoms with Gasteiger partial charge in [0.2, 0.25) is 0 Å². The number of pyridine rings is 1. The highest BCUT2D eigenvalue weighted by Crippen LogP contribution is 2.13. The first-order valence-corrected chi connectivity index (χ1v) is 5.53. The topological polar surface area (TPSA) is 74.0 Å². The van der Waals surface area contributed by atoms with E-state index in [0.29, 0.717) is 17.8 Å². The van der Waals surface area contributed by atoms with Crippen molar-refractivity contribution in [3.05, 3.63) is 58.8 Å². The molecule has 2 heterocycles. The predicted octanol–water partition coefficient (Wildman–Crippen LogP) is 1.62. The molecule has 90 valence electrons. The van der Waals surface area contributed by atoms with Crippen molar-refractivity contribution in [1.29, 1.82) is 0 Å². The lowest BCUT2D eigenvalue weighted by Crippen LogP contribution is -2.15. The lowest BCUT2D eigenvalue weighted by atomic mass is 10.3. The number of para-hydroxylation sites is 2. The van der Waals surface area contributed by atoms with Crippen molar-refractivity contribution >= 4 is 16.8 Å². The fourth-order valence-electron chi connectivity index (χ4n) is 1.91. The summed E-state index contributed by atoms with van der Waals surface area (Å²) < 4.78 is 6.69. The molecule has 0 bridgehead atoms. The first-order valence-electron chi connectivity index (χ1n) is 5.53. The lowest BCUT2D eigenvalue weighted by molar-refractivity contribution is 0.516. The standard InChI is InChI=1S/C13H11N3O2/c14-9-5-6-15-10(7-9)8-16-11-3-1-2-4-12(11)18-13(16)17/h1-7H,8H2,(H2,14,15). The van der Waals surface area contributed by atoms with Crippen molar-refractivity contribution < 1.29 is 4.42 Å². The number of fused-ring (bicyclic) bond motifs is 1. The Hall–Kier alpha value is -2.56. The number of oxazole rings is 1. The van der Waals surface area contributed by atoms with E-state index in [4.69, 9.17) is 10.2 Å². The van der Waals surface area contributed by atoms with Gasteiger partial charge in [-0.2, -0.15) is 0 Å². The summed E-state index contributed by atoms with van der Waals surface area (Å²) in [5.41, 5.74) is 8.37. The van der Waals surface area contributed by atoms with E-state index in [1.807, 2.05) is 18.2 Å². The maximum atomic E-state index is 11.8. The molecule has 0 amide bonds. The zero-order chi connectivity index (χ0) is 12.5. The Balaban J connectivity index is 2.10. The largest absolute Gasteiger partial charge is 0.420 e. The average molecular weight is 241 g/mol. The summed E-state index contributed by atoms with van der Waals surface area (Å²) >= 11 is 0. The Bertz CT molecular complexity index is 758. The van der Waals surface area contributed by atoms with Crippen LogP contribution in [0.4, 0.5) is 5.69 Å². The minimum absolute atomic E-state index is 0.348. The minimum atomic E-state index is -0.388. The van der Waals surface area contributed by atoms with E-state index < -0.39 is 0 Å². The van der Waals surface area contributed by atoms with Gasteiger partial charge < -0.3 is 10.2 Å². The van der Waals surface area contributed by atoms with E-state index in [0.717, 1.165) is 11.2 Å². The molecule has 0 saturated heterocycles. The number of hydrogen-bond donors (Lipinski definition) is 1. The van der Waals surface area contributed by atoms with Gasteiger partial charge >= 0.3 is 5.76 Å². The predicted molar refractivity (Wildman–Crippen MR) is 68.2 cm³/mol. The number of rotatable bonds is 2. The van der Waals surface area contributed by atoms with Crippen LogP contribution in [0.1, 0.15) is 5.69 Å². The van der Waals surface area contributed by atoms with Crippen molar-refractivity contribution in [3.8, 4) is 0 Å². The van der Waals surface area contributed by atoms with Gasteiger partial charge in [-0.05, 0) is 24.3 Å². The van der Waals surface area contributed by atoms with E-state index in [2.05, 4.69) is 4.98 Å².